The van der Waals surface area contributed by atoms with Crippen LogP contribution in [0.5, 0.6) is 0 Å². The highest BCUT2D eigenvalue weighted by atomic mass is 19.1. The second kappa shape index (κ2) is 7.26. The predicted octanol–water partition coefficient (Wildman–Crippen LogP) is 4.41. The lowest BCUT2D eigenvalue weighted by molar-refractivity contribution is 0.102. The first kappa shape index (κ1) is 17.9. The van der Waals surface area contributed by atoms with E-state index in [1.54, 1.807) is 29.8 Å². The number of anilines is 1. The molecular weight excluding hydrogens is 359 g/mol. The molecule has 0 unspecified atom stereocenters. The summed E-state index contributed by atoms with van der Waals surface area (Å²) in [5.74, 6) is 0.697. The second-order valence-electron chi connectivity index (χ2n) is 6.62. The number of hydrogen-bond donors (Lipinski definition) is 1. The van der Waals surface area contributed by atoms with Crippen molar-refractivity contribution < 1.29 is 13.6 Å². The number of fused-ring (bicyclic) bond motifs is 1. The van der Waals surface area contributed by atoms with Crippen molar-refractivity contribution in [3.8, 4) is 0 Å². The summed E-state index contributed by atoms with van der Waals surface area (Å²) in [5.41, 5.74) is 3.59. The molecule has 0 atom stereocenters. The Bertz CT molecular complexity index is 1150. The molecule has 4 rings (SSSR count). The molecule has 0 aliphatic rings. The molecule has 3 aromatic heterocycles. The molecule has 0 aliphatic heterocycles. The summed E-state index contributed by atoms with van der Waals surface area (Å²) < 4.78 is 19.7. The first-order valence-electron chi connectivity index (χ1n) is 8.88. The summed E-state index contributed by atoms with van der Waals surface area (Å²) in [7, 11) is 0. The third kappa shape index (κ3) is 3.38. The second-order valence-corrected chi connectivity index (χ2v) is 6.62. The van der Waals surface area contributed by atoms with Gasteiger partial charge in [0.25, 0.3) is 5.91 Å². The fourth-order valence-corrected chi connectivity index (χ4v) is 3.05. The molecular formula is C21H19FN4O2. The van der Waals surface area contributed by atoms with Crippen molar-refractivity contribution in [2.75, 3.05) is 5.32 Å². The van der Waals surface area contributed by atoms with Crippen LogP contribution in [0.15, 0.2) is 53.1 Å². The Hall–Kier alpha value is -3.48. The average molecular weight is 378 g/mol. The number of halogens is 1. The molecule has 1 N–H and O–H groups in total. The van der Waals surface area contributed by atoms with Crippen molar-refractivity contribution in [3.63, 3.8) is 0 Å². The topological polar surface area (TPSA) is 73.0 Å². The number of pyridine rings is 1. The van der Waals surface area contributed by atoms with Crippen molar-refractivity contribution >= 4 is 22.8 Å². The molecule has 1 amide bonds. The fraction of sp³-hybridized carbons (Fsp3) is 0.190. The van der Waals surface area contributed by atoms with E-state index >= 15 is 0 Å². The van der Waals surface area contributed by atoms with Gasteiger partial charge in [0, 0.05) is 5.69 Å². The van der Waals surface area contributed by atoms with E-state index in [4.69, 9.17) is 4.42 Å². The first-order chi connectivity index (χ1) is 13.5. The third-order valence-electron chi connectivity index (χ3n) is 4.58. The smallest absolute Gasteiger partial charge is 0.260 e. The van der Waals surface area contributed by atoms with Gasteiger partial charge in [-0.3, -0.25) is 4.79 Å². The van der Waals surface area contributed by atoms with Crippen LogP contribution >= 0.6 is 0 Å². The van der Waals surface area contributed by atoms with E-state index in [1.807, 2.05) is 31.2 Å². The van der Waals surface area contributed by atoms with Crippen LogP contribution in [-0.4, -0.2) is 20.7 Å². The molecule has 0 aliphatic carbocycles. The van der Waals surface area contributed by atoms with Gasteiger partial charge >= 0.3 is 0 Å². The molecule has 6 nitrogen and oxygen atoms in total. The van der Waals surface area contributed by atoms with Crippen LogP contribution in [0.1, 0.15) is 32.9 Å². The Balaban J connectivity index is 1.69. The molecule has 0 saturated carbocycles. The van der Waals surface area contributed by atoms with Gasteiger partial charge in [0.2, 0.25) is 0 Å². The SMILES string of the molecule is Cc1ccc2c(NC(=O)c3ccoc3C)nn(Cc3ccc(CF)cc3)c2n1. The van der Waals surface area contributed by atoms with Crippen LogP contribution < -0.4 is 5.32 Å². The van der Waals surface area contributed by atoms with Gasteiger partial charge in [0.15, 0.2) is 11.5 Å². The Morgan fingerprint density at radius 1 is 1.11 bits per heavy atom. The van der Waals surface area contributed by atoms with Gasteiger partial charge in [0.1, 0.15) is 12.4 Å². The lowest BCUT2D eigenvalue weighted by atomic mass is 10.1. The molecule has 0 bridgehead atoms. The predicted molar refractivity (Wildman–Crippen MR) is 104 cm³/mol. The van der Waals surface area contributed by atoms with E-state index in [9.17, 15) is 9.18 Å². The highest BCUT2D eigenvalue weighted by Crippen LogP contribution is 2.24. The van der Waals surface area contributed by atoms with E-state index in [-0.39, 0.29) is 5.91 Å². The van der Waals surface area contributed by atoms with Gasteiger partial charge < -0.3 is 9.73 Å². The maximum atomic E-state index is 12.7. The highest BCUT2D eigenvalue weighted by molar-refractivity contribution is 6.08. The number of alkyl halides is 1. The number of aromatic nitrogens is 3. The summed E-state index contributed by atoms with van der Waals surface area (Å²) in [4.78, 5) is 17.2. The van der Waals surface area contributed by atoms with Crippen LogP contribution in [-0.2, 0) is 13.2 Å². The lowest BCUT2D eigenvalue weighted by Gasteiger charge is -2.04. The van der Waals surface area contributed by atoms with Crippen LogP contribution in [0.2, 0.25) is 0 Å². The molecule has 0 spiro atoms. The zero-order valence-electron chi connectivity index (χ0n) is 15.6. The number of furan rings is 1. The number of amides is 1. The van der Waals surface area contributed by atoms with Crippen LogP contribution in [0.4, 0.5) is 10.2 Å². The van der Waals surface area contributed by atoms with Crippen molar-refractivity contribution in [2.45, 2.75) is 27.1 Å². The molecule has 0 fully saturated rings. The number of rotatable bonds is 5. The zero-order valence-corrected chi connectivity index (χ0v) is 15.6. The monoisotopic (exact) mass is 378 g/mol. The Morgan fingerprint density at radius 3 is 2.54 bits per heavy atom. The van der Waals surface area contributed by atoms with Crippen LogP contribution in [0.25, 0.3) is 11.0 Å². The number of nitrogens with zero attached hydrogens (tertiary/aromatic N) is 3. The molecule has 28 heavy (non-hydrogen) atoms. The third-order valence-corrected chi connectivity index (χ3v) is 4.58. The zero-order chi connectivity index (χ0) is 19.7. The maximum Gasteiger partial charge on any atom is 0.260 e. The van der Waals surface area contributed by atoms with Crippen molar-refractivity contribution in [1.29, 1.82) is 0 Å². The van der Waals surface area contributed by atoms with Gasteiger partial charge in [-0.25, -0.2) is 14.1 Å². The number of carbonyl (C=O) groups is 1. The number of benzene rings is 1. The van der Waals surface area contributed by atoms with Crippen molar-refractivity contribution in [3.05, 3.63) is 76.9 Å². The van der Waals surface area contributed by atoms with E-state index in [0.29, 0.717) is 34.9 Å². The summed E-state index contributed by atoms with van der Waals surface area (Å²) in [6.07, 6.45) is 1.48. The van der Waals surface area contributed by atoms with E-state index in [1.165, 1.54) is 6.26 Å². The van der Waals surface area contributed by atoms with E-state index < -0.39 is 6.67 Å². The summed E-state index contributed by atoms with van der Waals surface area (Å²) in [6, 6.07) is 12.6. The normalized spacial score (nSPS) is 11.1. The Morgan fingerprint density at radius 2 is 1.86 bits per heavy atom. The van der Waals surface area contributed by atoms with E-state index in [0.717, 1.165) is 16.6 Å². The minimum atomic E-state index is -0.491. The summed E-state index contributed by atoms with van der Waals surface area (Å²) >= 11 is 0. The molecule has 0 saturated heterocycles. The van der Waals surface area contributed by atoms with Gasteiger partial charge in [-0.15, -0.1) is 0 Å². The summed E-state index contributed by atoms with van der Waals surface area (Å²) in [6.45, 7) is 3.60. The fourth-order valence-electron chi connectivity index (χ4n) is 3.05. The Kier molecular flexibility index (Phi) is 4.65. The number of aryl methyl sites for hydroxylation is 2. The maximum absolute atomic E-state index is 12.7. The minimum Gasteiger partial charge on any atom is -0.469 e. The van der Waals surface area contributed by atoms with Crippen molar-refractivity contribution in [2.24, 2.45) is 0 Å². The summed E-state index contributed by atoms with van der Waals surface area (Å²) in [5, 5.41) is 8.17. The number of nitrogens with one attached hydrogen (secondary N) is 1. The molecule has 0 radical (unpaired) electrons. The molecule has 1 aromatic carbocycles. The van der Waals surface area contributed by atoms with Crippen LogP contribution in [0, 0.1) is 13.8 Å². The highest BCUT2D eigenvalue weighted by Gasteiger charge is 2.17. The number of hydrogen-bond acceptors (Lipinski definition) is 4. The standard InChI is InChI=1S/C21H19FN4O2/c1-13-3-8-18-19(24-21(27)17-9-10-28-14(17)2)25-26(20(18)23-13)12-16-6-4-15(11-22)5-7-16/h3-10H,11-12H2,1-2H3,(H,24,25,27). The number of carbonyl (C=O) groups excluding carboxylic acids is 1. The van der Waals surface area contributed by atoms with E-state index in [2.05, 4.69) is 15.4 Å². The first-order valence-corrected chi connectivity index (χ1v) is 8.88. The van der Waals surface area contributed by atoms with Gasteiger partial charge in [-0.05, 0) is 43.2 Å². The molecule has 142 valence electrons. The van der Waals surface area contributed by atoms with Gasteiger partial charge in [-0.2, -0.15) is 5.10 Å². The minimum absolute atomic E-state index is 0.286. The molecule has 7 heteroatoms. The largest absolute Gasteiger partial charge is 0.469 e. The molecule has 4 aromatic rings. The molecule has 3 heterocycles. The van der Waals surface area contributed by atoms with Gasteiger partial charge in [0.05, 0.1) is 23.8 Å². The van der Waals surface area contributed by atoms with Gasteiger partial charge in [-0.1, -0.05) is 24.3 Å². The van der Waals surface area contributed by atoms with Crippen LogP contribution in [0.3, 0.4) is 0 Å². The average Bonchev–Trinajstić information content (AvgIpc) is 3.26. The lowest BCUT2D eigenvalue weighted by Crippen LogP contribution is -2.13. The quantitative estimate of drug-likeness (QED) is 0.558. The van der Waals surface area contributed by atoms with Crippen molar-refractivity contribution in [1.82, 2.24) is 14.8 Å². The Labute approximate surface area is 161 Å².